The molecule has 2 amide bonds. The van der Waals surface area contributed by atoms with E-state index in [1.807, 2.05) is 24.3 Å². The van der Waals surface area contributed by atoms with Gasteiger partial charge >= 0.3 is 12.0 Å². The van der Waals surface area contributed by atoms with Gasteiger partial charge in [-0.05, 0) is 80.0 Å². The first-order chi connectivity index (χ1) is 20.9. The van der Waals surface area contributed by atoms with E-state index < -0.39 is 5.97 Å². The van der Waals surface area contributed by atoms with Gasteiger partial charge in [0.1, 0.15) is 5.03 Å². The maximum Gasteiger partial charge on any atom is 0.335 e. The van der Waals surface area contributed by atoms with Crippen LogP contribution in [0.3, 0.4) is 0 Å². The summed E-state index contributed by atoms with van der Waals surface area (Å²) in [7, 11) is 0. The number of carboxylic acids is 1. The number of carbonyl (C=O) groups is 2. The molecule has 0 aliphatic carbocycles. The third kappa shape index (κ3) is 7.06. The number of piperidine rings is 1. The smallest absolute Gasteiger partial charge is 0.335 e. The number of carboxylic acid groups (broad SMARTS) is 1. The van der Waals surface area contributed by atoms with Crippen LogP contribution in [0, 0.1) is 12.8 Å². The Bertz CT molecular complexity index is 1410. The van der Waals surface area contributed by atoms with E-state index in [4.69, 9.17) is 14.8 Å². The minimum atomic E-state index is -0.922. The van der Waals surface area contributed by atoms with Gasteiger partial charge in [0.25, 0.3) is 0 Å². The number of benzene rings is 2. The minimum absolute atomic E-state index is 0.0990. The fourth-order valence-electron chi connectivity index (χ4n) is 6.59. The molecule has 9 heteroatoms. The number of urea groups is 1. The molecule has 0 spiro atoms. The molecule has 43 heavy (non-hydrogen) atoms. The molecule has 1 N–H and O–H groups in total. The second-order valence-electron chi connectivity index (χ2n) is 11.9. The molecule has 226 valence electrons. The van der Waals surface area contributed by atoms with E-state index in [9.17, 15) is 9.59 Å². The summed E-state index contributed by atoms with van der Waals surface area (Å²) in [5, 5.41) is 10.0. The van der Waals surface area contributed by atoms with Crippen molar-refractivity contribution in [2.75, 3.05) is 39.4 Å². The van der Waals surface area contributed by atoms with E-state index in [1.165, 1.54) is 22.9 Å². The van der Waals surface area contributed by atoms with Crippen LogP contribution in [0.25, 0.3) is 0 Å². The third-order valence-electron chi connectivity index (χ3n) is 9.06. The minimum Gasteiger partial charge on any atom is -0.478 e. The van der Waals surface area contributed by atoms with Crippen molar-refractivity contribution in [3.8, 4) is 0 Å². The van der Waals surface area contributed by atoms with Crippen LogP contribution in [0.5, 0.6) is 0 Å². The van der Waals surface area contributed by atoms with E-state index in [-0.39, 0.29) is 23.7 Å². The van der Waals surface area contributed by atoms with Crippen molar-refractivity contribution in [2.45, 2.75) is 61.2 Å². The zero-order valence-corrected chi connectivity index (χ0v) is 25.5. The Morgan fingerprint density at radius 2 is 1.70 bits per heavy atom. The van der Waals surface area contributed by atoms with Crippen molar-refractivity contribution in [3.63, 3.8) is 0 Å². The van der Waals surface area contributed by atoms with Crippen molar-refractivity contribution >= 4 is 23.8 Å². The van der Waals surface area contributed by atoms with Gasteiger partial charge in [-0.15, -0.1) is 0 Å². The fourth-order valence-corrected chi connectivity index (χ4v) is 7.42. The van der Waals surface area contributed by atoms with Crippen LogP contribution >= 0.6 is 11.8 Å². The van der Waals surface area contributed by atoms with Crippen LogP contribution < -0.4 is 0 Å². The van der Waals surface area contributed by atoms with Gasteiger partial charge < -0.3 is 19.6 Å². The van der Waals surface area contributed by atoms with Crippen molar-refractivity contribution in [1.82, 2.24) is 19.7 Å². The highest BCUT2D eigenvalue weighted by Gasteiger charge is 2.43. The average Bonchev–Trinajstić information content (AvgIpc) is 3.35. The number of aromatic nitrogens is 1. The SMILES string of the molecule is Cc1nc(Sc2ccc(C(=O)O)cc2)ccc1CN1CCC(N2C(=O)N(CC3CCOCC3)CC2c2ccccc2)CC1. The summed E-state index contributed by atoms with van der Waals surface area (Å²) >= 11 is 1.54. The van der Waals surface area contributed by atoms with Gasteiger partial charge in [-0.25, -0.2) is 14.6 Å². The number of nitrogens with zero attached hydrogens (tertiary/aromatic N) is 4. The van der Waals surface area contributed by atoms with E-state index in [0.29, 0.717) is 5.92 Å². The number of pyridine rings is 1. The summed E-state index contributed by atoms with van der Waals surface area (Å²) < 4.78 is 5.56. The van der Waals surface area contributed by atoms with E-state index in [1.54, 1.807) is 12.1 Å². The van der Waals surface area contributed by atoms with Crippen molar-refractivity contribution in [3.05, 3.63) is 89.1 Å². The van der Waals surface area contributed by atoms with E-state index in [2.05, 4.69) is 52.0 Å². The lowest BCUT2D eigenvalue weighted by Crippen LogP contribution is -2.47. The van der Waals surface area contributed by atoms with Crippen LogP contribution in [-0.2, 0) is 11.3 Å². The summed E-state index contributed by atoms with van der Waals surface area (Å²) in [5.74, 6) is -0.399. The second-order valence-corrected chi connectivity index (χ2v) is 13.0. The molecule has 0 radical (unpaired) electrons. The lowest BCUT2D eigenvalue weighted by Gasteiger charge is -2.39. The average molecular weight is 601 g/mol. The zero-order chi connectivity index (χ0) is 29.8. The number of amides is 2. The van der Waals surface area contributed by atoms with Gasteiger partial charge in [-0.3, -0.25) is 4.90 Å². The third-order valence-corrected chi connectivity index (χ3v) is 10.0. The number of aryl methyl sites for hydroxylation is 1. The first-order valence-corrected chi connectivity index (χ1v) is 16.2. The first-order valence-electron chi connectivity index (χ1n) is 15.3. The molecular weight excluding hydrogens is 560 g/mol. The van der Waals surface area contributed by atoms with Gasteiger partial charge in [-0.2, -0.15) is 0 Å². The van der Waals surface area contributed by atoms with E-state index >= 15 is 0 Å². The van der Waals surface area contributed by atoms with Crippen LogP contribution in [0.4, 0.5) is 4.79 Å². The number of hydrogen-bond acceptors (Lipinski definition) is 6. The maximum absolute atomic E-state index is 13.9. The van der Waals surface area contributed by atoms with Crippen molar-refractivity contribution < 1.29 is 19.4 Å². The van der Waals surface area contributed by atoms with Crippen molar-refractivity contribution in [2.24, 2.45) is 5.92 Å². The van der Waals surface area contributed by atoms with Gasteiger partial charge in [-0.1, -0.05) is 48.2 Å². The predicted octanol–water partition coefficient (Wildman–Crippen LogP) is 6.11. The Labute approximate surface area is 258 Å². The molecule has 6 rings (SSSR count). The largest absolute Gasteiger partial charge is 0.478 e. The Morgan fingerprint density at radius 3 is 2.37 bits per heavy atom. The number of hydrogen-bond donors (Lipinski definition) is 1. The quantitative estimate of drug-likeness (QED) is 0.317. The molecule has 4 heterocycles. The Morgan fingerprint density at radius 1 is 0.977 bits per heavy atom. The van der Waals surface area contributed by atoms with Gasteiger partial charge in [0.2, 0.25) is 0 Å². The molecule has 0 bridgehead atoms. The monoisotopic (exact) mass is 600 g/mol. The molecule has 3 aliphatic rings. The molecule has 3 aromatic rings. The highest BCUT2D eigenvalue weighted by Crippen LogP contribution is 2.36. The van der Waals surface area contributed by atoms with Crippen LogP contribution in [0.15, 0.2) is 76.7 Å². The number of ether oxygens (including phenoxy) is 1. The Hall–Kier alpha value is -3.40. The van der Waals surface area contributed by atoms with Crippen LogP contribution in [-0.4, -0.2) is 82.2 Å². The summed E-state index contributed by atoms with van der Waals surface area (Å²) in [6.07, 6.45) is 4.00. The highest BCUT2D eigenvalue weighted by molar-refractivity contribution is 7.99. The van der Waals surface area contributed by atoms with Crippen molar-refractivity contribution in [1.29, 1.82) is 0 Å². The standard InChI is InChI=1S/C34H40N4O4S/c1-24-28(9-12-32(35-24)43-30-10-7-27(8-11-30)33(39)40)22-36-17-13-29(14-18-36)38-31(26-5-3-2-4-6-26)23-37(34(38)41)21-25-15-19-42-20-16-25/h2-12,25,29,31H,13-23H2,1H3,(H,39,40). The summed E-state index contributed by atoms with van der Waals surface area (Å²) in [6, 6.07) is 22.2. The number of aromatic carboxylic acids is 1. The second kappa shape index (κ2) is 13.5. The molecule has 3 saturated heterocycles. The van der Waals surface area contributed by atoms with Gasteiger partial charge in [0, 0.05) is 62.6 Å². The molecule has 3 aliphatic heterocycles. The zero-order valence-electron chi connectivity index (χ0n) is 24.7. The summed E-state index contributed by atoms with van der Waals surface area (Å²) in [4.78, 5) is 37.6. The van der Waals surface area contributed by atoms with Crippen LogP contribution in [0.2, 0.25) is 0 Å². The molecule has 1 atom stereocenters. The molecule has 2 aromatic carbocycles. The maximum atomic E-state index is 13.9. The van der Waals surface area contributed by atoms with E-state index in [0.717, 1.165) is 87.2 Å². The molecule has 3 fully saturated rings. The predicted molar refractivity (Wildman–Crippen MR) is 166 cm³/mol. The Balaban J connectivity index is 1.07. The molecule has 8 nitrogen and oxygen atoms in total. The molecule has 1 unspecified atom stereocenters. The lowest BCUT2D eigenvalue weighted by molar-refractivity contribution is 0.0574. The number of rotatable bonds is 9. The fraction of sp³-hybridized carbons (Fsp3) is 0.441. The first kappa shape index (κ1) is 29.7. The molecule has 0 saturated carbocycles. The number of carbonyl (C=O) groups excluding carboxylic acids is 1. The topological polar surface area (TPSA) is 86.2 Å². The number of likely N-dealkylation sites (tertiary alicyclic amines) is 1. The normalized spacial score (nSPS) is 20.6. The lowest BCUT2D eigenvalue weighted by atomic mass is 9.98. The Kier molecular flexibility index (Phi) is 9.31. The summed E-state index contributed by atoms with van der Waals surface area (Å²) in [6.45, 7) is 7.99. The van der Waals surface area contributed by atoms with Crippen LogP contribution in [0.1, 0.15) is 58.9 Å². The molecule has 1 aromatic heterocycles. The summed E-state index contributed by atoms with van der Waals surface area (Å²) in [5.41, 5.74) is 3.73. The van der Waals surface area contributed by atoms with Gasteiger partial charge in [0.05, 0.1) is 11.6 Å². The highest BCUT2D eigenvalue weighted by atomic mass is 32.2. The van der Waals surface area contributed by atoms with Gasteiger partial charge in [0.15, 0.2) is 0 Å². The molecular formula is C34H40N4O4S.